The Balaban J connectivity index is 3.86. The Hall–Kier alpha value is -0.0800. The van der Waals surface area contributed by atoms with Gasteiger partial charge in [-0.05, 0) is 30.6 Å². The van der Waals surface area contributed by atoms with Gasteiger partial charge in [-0.2, -0.15) is 0 Å². The molecule has 0 saturated carbocycles. The monoisotopic (exact) mass is 174 g/mol. The van der Waals surface area contributed by atoms with Crippen molar-refractivity contribution in [3.63, 3.8) is 0 Å². The van der Waals surface area contributed by atoms with E-state index in [1.54, 1.807) is 0 Å². The normalized spacial score (nSPS) is 14.8. The van der Waals surface area contributed by atoms with E-state index in [-0.39, 0.29) is 18.6 Å². The summed E-state index contributed by atoms with van der Waals surface area (Å²) in [7, 11) is 0. The van der Waals surface area contributed by atoms with E-state index in [4.69, 9.17) is 10.2 Å². The second-order valence-electron chi connectivity index (χ2n) is 4.44. The van der Waals surface area contributed by atoms with Crippen molar-refractivity contribution in [2.24, 2.45) is 11.3 Å². The summed E-state index contributed by atoms with van der Waals surface area (Å²) in [5, 5.41) is 17.5. The zero-order chi connectivity index (χ0) is 9.61. The van der Waals surface area contributed by atoms with E-state index >= 15 is 0 Å². The molecule has 74 valence electrons. The summed E-state index contributed by atoms with van der Waals surface area (Å²) in [6, 6.07) is 0. The summed E-state index contributed by atoms with van der Waals surface area (Å²) < 4.78 is 0. The van der Waals surface area contributed by atoms with Crippen molar-refractivity contribution in [2.75, 3.05) is 13.2 Å². The van der Waals surface area contributed by atoms with Gasteiger partial charge in [0.2, 0.25) is 0 Å². The molecule has 12 heavy (non-hydrogen) atoms. The van der Waals surface area contributed by atoms with Gasteiger partial charge in [-0.1, -0.05) is 20.8 Å². The van der Waals surface area contributed by atoms with Gasteiger partial charge in [0.05, 0.1) is 0 Å². The molecule has 0 heterocycles. The van der Waals surface area contributed by atoms with Crippen molar-refractivity contribution in [3.05, 3.63) is 0 Å². The van der Waals surface area contributed by atoms with Crippen molar-refractivity contribution in [2.45, 2.75) is 40.0 Å². The number of aliphatic hydroxyl groups excluding tert-OH is 2. The molecule has 0 saturated heterocycles. The standard InChI is InChI=1S/C10H22O2/c1-10(2,3)9(6-8-12)5-4-7-11/h9,11-12H,4-8H2,1-3H3. The molecule has 0 spiro atoms. The predicted octanol–water partition coefficient (Wildman–Crippen LogP) is 1.80. The third kappa shape index (κ3) is 4.73. The molecule has 0 aliphatic carbocycles. The van der Waals surface area contributed by atoms with Crippen LogP contribution in [0.4, 0.5) is 0 Å². The van der Waals surface area contributed by atoms with Crippen LogP contribution in [0.2, 0.25) is 0 Å². The molecule has 2 nitrogen and oxygen atoms in total. The van der Waals surface area contributed by atoms with Gasteiger partial charge in [-0.3, -0.25) is 0 Å². The van der Waals surface area contributed by atoms with Gasteiger partial charge in [0.25, 0.3) is 0 Å². The van der Waals surface area contributed by atoms with E-state index in [2.05, 4.69) is 20.8 Å². The minimum atomic E-state index is 0.248. The van der Waals surface area contributed by atoms with E-state index in [1.807, 2.05) is 0 Å². The van der Waals surface area contributed by atoms with Gasteiger partial charge in [-0.15, -0.1) is 0 Å². The highest BCUT2D eigenvalue weighted by atomic mass is 16.3. The third-order valence-corrected chi connectivity index (χ3v) is 2.41. The number of rotatable bonds is 5. The molecule has 0 radical (unpaired) electrons. The summed E-state index contributed by atoms with van der Waals surface area (Å²) in [4.78, 5) is 0. The molecule has 0 amide bonds. The molecule has 0 aromatic rings. The lowest BCUT2D eigenvalue weighted by atomic mass is 9.76. The third-order valence-electron chi connectivity index (χ3n) is 2.41. The lowest BCUT2D eigenvalue weighted by Crippen LogP contribution is -2.21. The van der Waals surface area contributed by atoms with Crippen LogP contribution in [0, 0.1) is 11.3 Å². The van der Waals surface area contributed by atoms with Gasteiger partial charge in [-0.25, -0.2) is 0 Å². The first-order valence-corrected chi connectivity index (χ1v) is 4.74. The first-order valence-electron chi connectivity index (χ1n) is 4.74. The molecular weight excluding hydrogens is 152 g/mol. The summed E-state index contributed by atoms with van der Waals surface area (Å²) in [5.41, 5.74) is 0.248. The van der Waals surface area contributed by atoms with Gasteiger partial charge in [0.1, 0.15) is 0 Å². The largest absolute Gasteiger partial charge is 0.396 e. The second kappa shape index (κ2) is 5.55. The van der Waals surface area contributed by atoms with Crippen molar-refractivity contribution in [1.29, 1.82) is 0 Å². The minimum absolute atomic E-state index is 0.248. The summed E-state index contributed by atoms with van der Waals surface area (Å²) >= 11 is 0. The van der Waals surface area contributed by atoms with Gasteiger partial charge in [0.15, 0.2) is 0 Å². The van der Waals surface area contributed by atoms with Crippen LogP contribution in [0.25, 0.3) is 0 Å². The van der Waals surface area contributed by atoms with Crippen LogP contribution in [-0.4, -0.2) is 23.4 Å². The smallest absolute Gasteiger partial charge is 0.0433 e. The number of aliphatic hydroxyl groups is 2. The van der Waals surface area contributed by atoms with E-state index in [0.717, 1.165) is 19.3 Å². The SMILES string of the molecule is CC(C)(C)C(CCO)CCCO. The van der Waals surface area contributed by atoms with Crippen LogP contribution in [-0.2, 0) is 0 Å². The Kier molecular flexibility index (Phi) is 5.51. The maximum Gasteiger partial charge on any atom is 0.0433 e. The highest BCUT2D eigenvalue weighted by Gasteiger charge is 2.23. The molecule has 0 aliphatic heterocycles. The molecule has 2 N–H and O–H groups in total. The van der Waals surface area contributed by atoms with Crippen LogP contribution in [0.3, 0.4) is 0 Å². The van der Waals surface area contributed by atoms with Gasteiger partial charge >= 0.3 is 0 Å². The first-order chi connectivity index (χ1) is 5.52. The summed E-state index contributed by atoms with van der Waals surface area (Å²) in [6.07, 6.45) is 2.71. The molecular formula is C10H22O2. The lowest BCUT2D eigenvalue weighted by Gasteiger charge is -2.30. The Morgan fingerprint density at radius 2 is 1.58 bits per heavy atom. The molecule has 0 aliphatic rings. The topological polar surface area (TPSA) is 40.5 Å². The Morgan fingerprint density at radius 1 is 1.00 bits per heavy atom. The first kappa shape index (κ1) is 11.9. The fourth-order valence-electron chi connectivity index (χ4n) is 1.50. The predicted molar refractivity (Wildman–Crippen MR) is 51.0 cm³/mol. The Labute approximate surface area is 75.6 Å². The highest BCUT2D eigenvalue weighted by Crippen LogP contribution is 2.31. The molecule has 0 fully saturated rings. The molecule has 0 bridgehead atoms. The van der Waals surface area contributed by atoms with Crippen molar-refractivity contribution >= 4 is 0 Å². The van der Waals surface area contributed by atoms with Gasteiger partial charge in [0, 0.05) is 13.2 Å². The second-order valence-corrected chi connectivity index (χ2v) is 4.44. The number of hydrogen-bond donors (Lipinski definition) is 2. The summed E-state index contributed by atoms with van der Waals surface area (Å²) in [5.74, 6) is 0.523. The molecule has 2 heteroatoms. The van der Waals surface area contributed by atoms with Crippen molar-refractivity contribution in [1.82, 2.24) is 0 Å². The molecule has 0 rings (SSSR count). The molecule has 0 aromatic heterocycles. The van der Waals surface area contributed by atoms with Crippen LogP contribution in [0.5, 0.6) is 0 Å². The maximum atomic E-state index is 8.84. The van der Waals surface area contributed by atoms with Gasteiger partial charge < -0.3 is 10.2 Å². The minimum Gasteiger partial charge on any atom is -0.396 e. The maximum absolute atomic E-state index is 8.84. The number of hydrogen-bond acceptors (Lipinski definition) is 2. The highest BCUT2D eigenvalue weighted by molar-refractivity contribution is 4.73. The molecule has 0 aromatic carbocycles. The van der Waals surface area contributed by atoms with Crippen LogP contribution in [0.1, 0.15) is 40.0 Å². The van der Waals surface area contributed by atoms with Crippen molar-refractivity contribution in [3.8, 4) is 0 Å². The lowest BCUT2D eigenvalue weighted by molar-refractivity contribution is 0.152. The Bertz CT molecular complexity index is 105. The molecule has 1 atom stereocenters. The fourth-order valence-corrected chi connectivity index (χ4v) is 1.50. The van der Waals surface area contributed by atoms with Crippen LogP contribution < -0.4 is 0 Å². The Morgan fingerprint density at radius 3 is 1.92 bits per heavy atom. The van der Waals surface area contributed by atoms with Crippen LogP contribution in [0.15, 0.2) is 0 Å². The average Bonchev–Trinajstić information content (AvgIpc) is 1.95. The van der Waals surface area contributed by atoms with E-state index in [9.17, 15) is 0 Å². The van der Waals surface area contributed by atoms with Crippen molar-refractivity contribution < 1.29 is 10.2 Å². The quantitative estimate of drug-likeness (QED) is 0.667. The van der Waals surface area contributed by atoms with E-state index in [0.29, 0.717) is 5.92 Å². The summed E-state index contributed by atoms with van der Waals surface area (Å²) in [6.45, 7) is 7.07. The van der Waals surface area contributed by atoms with Crippen LogP contribution >= 0.6 is 0 Å². The average molecular weight is 174 g/mol. The zero-order valence-electron chi connectivity index (χ0n) is 8.51. The zero-order valence-corrected chi connectivity index (χ0v) is 8.51. The van der Waals surface area contributed by atoms with E-state index < -0.39 is 0 Å². The van der Waals surface area contributed by atoms with E-state index in [1.165, 1.54) is 0 Å². The molecule has 1 unspecified atom stereocenters. The fraction of sp³-hybridized carbons (Fsp3) is 1.00.